The number of halogens is 3. The second-order valence-electron chi connectivity index (χ2n) is 4.06. The van der Waals surface area contributed by atoms with Gasteiger partial charge < -0.3 is 15.5 Å². The van der Waals surface area contributed by atoms with Crippen molar-refractivity contribution in [1.82, 2.24) is 9.55 Å². The summed E-state index contributed by atoms with van der Waals surface area (Å²) in [7, 11) is 0. The molecular weight excluding hydrogens is 273 g/mol. The molecule has 0 atom stereocenters. The smallest absolute Gasteiger partial charge is 0.409 e. The Labute approximate surface area is 112 Å². The maximum atomic E-state index is 12.9. The molecule has 0 radical (unpaired) electrons. The zero-order valence-electron chi connectivity index (χ0n) is 10.4. The number of oxime groups is 1. The molecule has 1 aromatic heterocycles. The minimum absolute atomic E-state index is 0.384. The van der Waals surface area contributed by atoms with Crippen molar-refractivity contribution < 1.29 is 18.4 Å². The highest BCUT2D eigenvalue weighted by Gasteiger charge is 2.34. The first-order valence-corrected chi connectivity index (χ1v) is 5.54. The Morgan fingerprint density at radius 1 is 1.40 bits per heavy atom. The predicted molar refractivity (Wildman–Crippen MR) is 65.8 cm³/mol. The molecule has 1 heterocycles. The van der Waals surface area contributed by atoms with Crippen molar-refractivity contribution in [2.45, 2.75) is 13.1 Å². The van der Waals surface area contributed by atoms with E-state index in [1.807, 2.05) is 0 Å². The topological polar surface area (TPSA) is 76.4 Å². The number of nitrogens with zero attached hydrogens (tertiary/aromatic N) is 3. The lowest BCUT2D eigenvalue weighted by Gasteiger charge is -2.14. The van der Waals surface area contributed by atoms with Gasteiger partial charge in [-0.1, -0.05) is 5.16 Å². The third-order valence-electron chi connectivity index (χ3n) is 2.80. The molecule has 8 heteroatoms. The lowest BCUT2D eigenvalue weighted by atomic mass is 10.0. The number of benzene rings is 1. The second kappa shape index (κ2) is 4.87. The normalized spacial score (nSPS) is 12.7. The molecule has 1 aromatic carbocycles. The van der Waals surface area contributed by atoms with Gasteiger partial charge in [0.05, 0.1) is 5.56 Å². The van der Waals surface area contributed by atoms with Gasteiger partial charge in [-0.2, -0.15) is 13.2 Å². The third-order valence-corrected chi connectivity index (χ3v) is 2.80. The quantitative estimate of drug-likeness (QED) is 0.384. The maximum absolute atomic E-state index is 12.9. The van der Waals surface area contributed by atoms with Gasteiger partial charge in [0.2, 0.25) is 0 Å². The Kier molecular flexibility index (Phi) is 3.39. The van der Waals surface area contributed by atoms with Crippen LogP contribution in [-0.4, -0.2) is 20.6 Å². The number of imidazole rings is 1. The molecule has 2 aromatic rings. The highest BCUT2D eigenvalue weighted by molar-refractivity contribution is 5.99. The van der Waals surface area contributed by atoms with Crippen LogP contribution in [0.25, 0.3) is 5.69 Å². The number of alkyl halides is 3. The SMILES string of the molecule is Cc1nccn1-c1ccc(C(F)(F)F)c(/C(N)=N/O)c1. The molecule has 0 fully saturated rings. The first-order valence-electron chi connectivity index (χ1n) is 5.54. The van der Waals surface area contributed by atoms with Crippen LogP contribution in [-0.2, 0) is 6.18 Å². The van der Waals surface area contributed by atoms with Crippen LogP contribution in [0.4, 0.5) is 13.2 Å². The molecule has 106 valence electrons. The first-order chi connectivity index (χ1) is 9.34. The molecule has 5 nitrogen and oxygen atoms in total. The summed E-state index contributed by atoms with van der Waals surface area (Å²) in [6.07, 6.45) is -1.46. The fraction of sp³-hybridized carbons (Fsp3) is 0.167. The second-order valence-corrected chi connectivity index (χ2v) is 4.06. The van der Waals surface area contributed by atoms with Crippen molar-refractivity contribution in [1.29, 1.82) is 0 Å². The summed E-state index contributed by atoms with van der Waals surface area (Å²) in [5.74, 6) is 0.00663. The maximum Gasteiger partial charge on any atom is 0.417 e. The van der Waals surface area contributed by atoms with Crippen LogP contribution in [0.15, 0.2) is 35.7 Å². The van der Waals surface area contributed by atoms with Gasteiger partial charge in [0.15, 0.2) is 5.84 Å². The molecule has 0 aliphatic rings. The monoisotopic (exact) mass is 284 g/mol. The molecule has 0 unspecified atom stereocenters. The van der Waals surface area contributed by atoms with Crippen LogP contribution >= 0.6 is 0 Å². The van der Waals surface area contributed by atoms with E-state index in [0.29, 0.717) is 11.5 Å². The molecule has 0 aliphatic heterocycles. The number of hydrogen-bond donors (Lipinski definition) is 2. The van der Waals surface area contributed by atoms with Crippen molar-refractivity contribution in [3.8, 4) is 5.69 Å². The van der Waals surface area contributed by atoms with Gasteiger partial charge in [-0.15, -0.1) is 0 Å². The Balaban J connectivity index is 2.64. The van der Waals surface area contributed by atoms with Gasteiger partial charge in [-0.3, -0.25) is 0 Å². The zero-order valence-corrected chi connectivity index (χ0v) is 10.4. The number of aromatic nitrogens is 2. The molecular formula is C12H11F3N4O. The number of hydrogen-bond acceptors (Lipinski definition) is 3. The van der Waals surface area contributed by atoms with E-state index >= 15 is 0 Å². The Hall–Kier alpha value is -2.51. The third kappa shape index (κ3) is 2.44. The van der Waals surface area contributed by atoms with Crippen LogP contribution in [0.5, 0.6) is 0 Å². The average Bonchev–Trinajstić information content (AvgIpc) is 2.82. The van der Waals surface area contributed by atoms with Gasteiger partial charge in [0.1, 0.15) is 5.82 Å². The lowest BCUT2D eigenvalue weighted by molar-refractivity contribution is -0.137. The van der Waals surface area contributed by atoms with Crippen molar-refractivity contribution in [3.05, 3.63) is 47.5 Å². The minimum atomic E-state index is -4.59. The summed E-state index contributed by atoms with van der Waals surface area (Å²) in [5, 5.41) is 11.3. The van der Waals surface area contributed by atoms with Crippen LogP contribution in [0, 0.1) is 6.92 Å². The molecule has 20 heavy (non-hydrogen) atoms. The average molecular weight is 284 g/mol. The van der Waals surface area contributed by atoms with E-state index < -0.39 is 17.6 Å². The highest BCUT2D eigenvalue weighted by atomic mass is 19.4. The van der Waals surface area contributed by atoms with E-state index in [9.17, 15) is 13.2 Å². The van der Waals surface area contributed by atoms with E-state index in [-0.39, 0.29) is 5.56 Å². The summed E-state index contributed by atoms with van der Waals surface area (Å²) in [6, 6.07) is 3.39. The van der Waals surface area contributed by atoms with E-state index in [2.05, 4.69) is 10.1 Å². The van der Waals surface area contributed by atoms with Crippen LogP contribution in [0.2, 0.25) is 0 Å². The summed E-state index contributed by atoms with van der Waals surface area (Å²) >= 11 is 0. The molecule has 0 spiro atoms. The summed E-state index contributed by atoms with van der Waals surface area (Å²) in [6.45, 7) is 1.71. The highest BCUT2D eigenvalue weighted by Crippen LogP contribution is 2.33. The number of amidine groups is 1. The lowest BCUT2D eigenvalue weighted by Crippen LogP contribution is -2.20. The van der Waals surface area contributed by atoms with Gasteiger partial charge in [0.25, 0.3) is 0 Å². The Morgan fingerprint density at radius 2 is 2.10 bits per heavy atom. The zero-order chi connectivity index (χ0) is 14.9. The van der Waals surface area contributed by atoms with Crippen molar-refractivity contribution >= 4 is 5.84 Å². The number of aryl methyl sites for hydroxylation is 1. The minimum Gasteiger partial charge on any atom is -0.409 e. The van der Waals surface area contributed by atoms with Gasteiger partial charge >= 0.3 is 6.18 Å². The molecule has 3 N–H and O–H groups in total. The van der Waals surface area contributed by atoms with E-state index in [1.165, 1.54) is 18.3 Å². The fourth-order valence-corrected chi connectivity index (χ4v) is 1.85. The van der Waals surface area contributed by atoms with Crippen molar-refractivity contribution in [3.63, 3.8) is 0 Å². The van der Waals surface area contributed by atoms with Crippen molar-refractivity contribution in [2.24, 2.45) is 10.9 Å². The summed E-state index contributed by atoms with van der Waals surface area (Å²) in [4.78, 5) is 3.99. The van der Waals surface area contributed by atoms with Gasteiger partial charge in [-0.05, 0) is 25.1 Å². The molecule has 0 bridgehead atoms. The molecule has 0 amide bonds. The Bertz CT molecular complexity index is 661. The van der Waals surface area contributed by atoms with Crippen molar-refractivity contribution in [2.75, 3.05) is 0 Å². The molecule has 0 saturated heterocycles. The standard InChI is InChI=1S/C12H11F3N4O/c1-7-17-4-5-19(7)8-2-3-10(12(13,14)15)9(6-8)11(16)18-20/h2-6,20H,1H3,(H2,16,18). The van der Waals surface area contributed by atoms with E-state index in [4.69, 9.17) is 10.9 Å². The molecule has 0 aliphatic carbocycles. The number of rotatable bonds is 2. The predicted octanol–water partition coefficient (Wildman–Crippen LogP) is 2.29. The van der Waals surface area contributed by atoms with E-state index in [1.54, 1.807) is 17.7 Å². The Morgan fingerprint density at radius 3 is 2.60 bits per heavy atom. The molecule has 2 rings (SSSR count). The molecule has 0 saturated carbocycles. The van der Waals surface area contributed by atoms with E-state index in [0.717, 1.165) is 6.07 Å². The van der Waals surface area contributed by atoms with Gasteiger partial charge in [-0.25, -0.2) is 4.98 Å². The van der Waals surface area contributed by atoms with Gasteiger partial charge in [0, 0.05) is 23.6 Å². The first kappa shape index (κ1) is 13.9. The summed E-state index contributed by atoms with van der Waals surface area (Å²) in [5.41, 5.74) is 4.42. The van der Waals surface area contributed by atoms with Crippen LogP contribution in [0.1, 0.15) is 17.0 Å². The number of nitrogens with two attached hydrogens (primary N) is 1. The van der Waals surface area contributed by atoms with Crippen LogP contribution in [0.3, 0.4) is 0 Å². The largest absolute Gasteiger partial charge is 0.417 e. The summed E-state index contributed by atoms with van der Waals surface area (Å²) < 4.78 is 40.3. The van der Waals surface area contributed by atoms with Crippen LogP contribution < -0.4 is 5.73 Å². The fourth-order valence-electron chi connectivity index (χ4n) is 1.85.